The maximum absolute atomic E-state index is 11.3. The number of thiazole rings is 1. The van der Waals surface area contributed by atoms with Crippen LogP contribution in [0.15, 0.2) is 64.0 Å². The van der Waals surface area contributed by atoms with E-state index in [4.69, 9.17) is 9.66 Å². The number of benzene rings is 2. The van der Waals surface area contributed by atoms with Crippen molar-refractivity contribution >= 4 is 42.5 Å². The SMILES string of the molecule is NS(=O)(=O)c1ccc(Nc2nc3noc(-c4ccccc4)c3s2)cc1. The number of nitrogens with zero attached hydrogens (tertiary/aromatic N) is 2. The second-order valence-electron chi connectivity index (χ2n) is 5.24. The molecule has 25 heavy (non-hydrogen) atoms. The Labute approximate surface area is 147 Å². The topological polar surface area (TPSA) is 111 Å². The van der Waals surface area contributed by atoms with Gasteiger partial charge in [-0.3, -0.25) is 0 Å². The molecular weight excluding hydrogens is 360 g/mol. The van der Waals surface area contributed by atoms with Crippen LogP contribution in [0.3, 0.4) is 0 Å². The number of aromatic nitrogens is 2. The monoisotopic (exact) mass is 372 g/mol. The Morgan fingerprint density at radius 2 is 1.76 bits per heavy atom. The van der Waals surface area contributed by atoms with Crippen LogP contribution in [0.1, 0.15) is 0 Å². The predicted molar refractivity (Wildman–Crippen MR) is 96.2 cm³/mol. The molecule has 0 aliphatic carbocycles. The van der Waals surface area contributed by atoms with Gasteiger partial charge in [0.05, 0.1) is 4.90 Å². The third kappa shape index (κ3) is 3.12. The van der Waals surface area contributed by atoms with Crippen LogP contribution in [-0.2, 0) is 10.0 Å². The highest BCUT2D eigenvalue weighted by molar-refractivity contribution is 7.89. The molecule has 126 valence electrons. The predicted octanol–water partition coefficient (Wildman–Crippen LogP) is 3.34. The Morgan fingerprint density at radius 3 is 2.44 bits per heavy atom. The first-order chi connectivity index (χ1) is 12.0. The zero-order valence-electron chi connectivity index (χ0n) is 12.7. The molecule has 2 aromatic carbocycles. The van der Waals surface area contributed by atoms with E-state index < -0.39 is 10.0 Å². The highest BCUT2D eigenvalue weighted by Gasteiger charge is 2.16. The fraction of sp³-hybridized carbons (Fsp3) is 0. The van der Waals surface area contributed by atoms with Crippen LogP contribution in [0.25, 0.3) is 21.7 Å². The summed E-state index contributed by atoms with van der Waals surface area (Å²) in [6.45, 7) is 0. The van der Waals surface area contributed by atoms with E-state index in [0.717, 1.165) is 10.3 Å². The van der Waals surface area contributed by atoms with Crippen LogP contribution in [0, 0.1) is 0 Å². The molecule has 0 unspecified atom stereocenters. The van der Waals surface area contributed by atoms with Gasteiger partial charge in [0.15, 0.2) is 10.9 Å². The summed E-state index contributed by atoms with van der Waals surface area (Å²) in [5.41, 5.74) is 2.15. The molecule has 0 saturated heterocycles. The van der Waals surface area contributed by atoms with Gasteiger partial charge in [-0.2, -0.15) is 4.98 Å². The lowest BCUT2D eigenvalue weighted by molar-refractivity contribution is 0.439. The summed E-state index contributed by atoms with van der Waals surface area (Å²) in [7, 11) is -3.70. The van der Waals surface area contributed by atoms with E-state index in [1.165, 1.54) is 23.5 Å². The van der Waals surface area contributed by atoms with Gasteiger partial charge in [0.2, 0.25) is 15.7 Å². The number of hydrogen-bond donors (Lipinski definition) is 2. The lowest BCUT2D eigenvalue weighted by Gasteiger charge is -2.03. The zero-order valence-corrected chi connectivity index (χ0v) is 14.3. The van der Waals surface area contributed by atoms with Gasteiger partial charge in [0, 0.05) is 11.3 Å². The summed E-state index contributed by atoms with van der Waals surface area (Å²) in [5, 5.41) is 12.8. The molecule has 2 heterocycles. The molecule has 0 atom stereocenters. The Balaban J connectivity index is 1.64. The molecule has 0 aliphatic heterocycles. The summed E-state index contributed by atoms with van der Waals surface area (Å²) >= 11 is 1.41. The second kappa shape index (κ2) is 5.96. The summed E-state index contributed by atoms with van der Waals surface area (Å²) in [6, 6.07) is 15.8. The van der Waals surface area contributed by atoms with E-state index in [-0.39, 0.29) is 4.90 Å². The quantitative estimate of drug-likeness (QED) is 0.568. The molecule has 2 aromatic heterocycles. The van der Waals surface area contributed by atoms with E-state index in [1.54, 1.807) is 12.1 Å². The largest absolute Gasteiger partial charge is 0.352 e. The van der Waals surface area contributed by atoms with Gasteiger partial charge in [0.1, 0.15) is 4.70 Å². The average molecular weight is 372 g/mol. The van der Waals surface area contributed by atoms with Gasteiger partial charge in [-0.25, -0.2) is 13.6 Å². The molecular formula is C16H12N4O3S2. The summed E-state index contributed by atoms with van der Waals surface area (Å²) in [6.07, 6.45) is 0. The molecule has 0 aliphatic rings. The summed E-state index contributed by atoms with van der Waals surface area (Å²) in [4.78, 5) is 4.44. The van der Waals surface area contributed by atoms with Gasteiger partial charge < -0.3 is 9.84 Å². The van der Waals surface area contributed by atoms with E-state index in [1.807, 2.05) is 30.3 Å². The van der Waals surface area contributed by atoms with Gasteiger partial charge in [0.25, 0.3) is 0 Å². The Hall–Kier alpha value is -2.75. The second-order valence-corrected chi connectivity index (χ2v) is 7.80. The first-order valence-electron chi connectivity index (χ1n) is 7.22. The molecule has 0 bridgehead atoms. The van der Waals surface area contributed by atoms with Crippen molar-refractivity contribution in [3.8, 4) is 11.3 Å². The molecule has 7 nitrogen and oxygen atoms in total. The number of hydrogen-bond acceptors (Lipinski definition) is 7. The summed E-state index contributed by atoms with van der Waals surface area (Å²) in [5.74, 6) is 0.672. The van der Waals surface area contributed by atoms with Gasteiger partial charge in [-0.05, 0) is 24.3 Å². The van der Waals surface area contributed by atoms with Gasteiger partial charge >= 0.3 is 0 Å². The maximum Gasteiger partial charge on any atom is 0.238 e. The van der Waals surface area contributed by atoms with Crippen molar-refractivity contribution in [3.05, 3.63) is 54.6 Å². The average Bonchev–Trinajstić information content (AvgIpc) is 3.15. The van der Waals surface area contributed by atoms with Crippen molar-refractivity contribution in [2.45, 2.75) is 4.90 Å². The lowest BCUT2D eigenvalue weighted by Crippen LogP contribution is -2.11. The molecule has 0 saturated carbocycles. The zero-order chi connectivity index (χ0) is 17.4. The first kappa shape index (κ1) is 15.8. The van der Waals surface area contributed by atoms with Crippen molar-refractivity contribution in [1.82, 2.24) is 10.1 Å². The third-order valence-electron chi connectivity index (χ3n) is 3.51. The maximum atomic E-state index is 11.3. The molecule has 4 rings (SSSR count). The van der Waals surface area contributed by atoms with Crippen LogP contribution >= 0.6 is 11.3 Å². The number of sulfonamides is 1. The Morgan fingerprint density at radius 1 is 1.04 bits per heavy atom. The van der Waals surface area contributed by atoms with Gasteiger partial charge in [-0.1, -0.05) is 46.8 Å². The fourth-order valence-corrected chi connectivity index (χ4v) is 3.76. The number of nitrogens with one attached hydrogen (secondary N) is 1. The molecule has 4 aromatic rings. The third-order valence-corrected chi connectivity index (χ3v) is 5.40. The highest BCUT2D eigenvalue weighted by atomic mass is 32.2. The molecule has 9 heteroatoms. The molecule has 3 N–H and O–H groups in total. The first-order valence-corrected chi connectivity index (χ1v) is 9.58. The normalized spacial score (nSPS) is 11.7. The van der Waals surface area contributed by atoms with Gasteiger partial charge in [-0.15, -0.1) is 0 Å². The standard InChI is InChI=1S/C16H12N4O3S2/c17-25(21,22)12-8-6-11(7-9-12)18-16-19-15-14(24-16)13(23-20-15)10-4-2-1-3-5-10/h1-9H,(H2,17,21,22)(H,18,19,20). The van der Waals surface area contributed by atoms with Crippen LogP contribution in [-0.4, -0.2) is 18.6 Å². The Kier molecular flexibility index (Phi) is 3.75. The van der Waals surface area contributed by atoms with Crippen LogP contribution in [0.2, 0.25) is 0 Å². The van der Waals surface area contributed by atoms with Crippen molar-refractivity contribution in [2.24, 2.45) is 5.14 Å². The minimum Gasteiger partial charge on any atom is -0.352 e. The minimum atomic E-state index is -3.70. The number of nitrogens with two attached hydrogens (primary N) is 1. The molecule has 0 fully saturated rings. The minimum absolute atomic E-state index is 0.0581. The number of fused-ring (bicyclic) bond motifs is 1. The number of primary sulfonamides is 1. The van der Waals surface area contributed by atoms with Crippen molar-refractivity contribution < 1.29 is 12.9 Å². The molecule has 0 radical (unpaired) electrons. The van der Waals surface area contributed by atoms with E-state index in [9.17, 15) is 8.42 Å². The van der Waals surface area contributed by atoms with E-state index in [0.29, 0.717) is 22.2 Å². The van der Waals surface area contributed by atoms with Crippen molar-refractivity contribution in [1.29, 1.82) is 0 Å². The fourth-order valence-electron chi connectivity index (χ4n) is 2.33. The van der Waals surface area contributed by atoms with Crippen molar-refractivity contribution in [2.75, 3.05) is 5.32 Å². The summed E-state index contributed by atoms with van der Waals surface area (Å²) < 4.78 is 28.8. The van der Waals surface area contributed by atoms with E-state index in [2.05, 4.69) is 15.5 Å². The van der Waals surface area contributed by atoms with Crippen LogP contribution < -0.4 is 10.5 Å². The molecule has 0 spiro atoms. The van der Waals surface area contributed by atoms with E-state index >= 15 is 0 Å². The lowest BCUT2D eigenvalue weighted by atomic mass is 10.2. The highest BCUT2D eigenvalue weighted by Crippen LogP contribution is 2.35. The van der Waals surface area contributed by atoms with Crippen LogP contribution in [0.4, 0.5) is 10.8 Å². The number of anilines is 2. The smallest absolute Gasteiger partial charge is 0.238 e. The Bertz CT molecular complexity index is 1130. The molecule has 0 amide bonds. The van der Waals surface area contributed by atoms with Crippen LogP contribution in [0.5, 0.6) is 0 Å². The number of rotatable bonds is 4. The van der Waals surface area contributed by atoms with Crippen molar-refractivity contribution in [3.63, 3.8) is 0 Å².